The third kappa shape index (κ3) is 4.59. The number of ether oxygens (including phenoxy) is 1. The molecule has 1 aliphatic heterocycles. The summed E-state index contributed by atoms with van der Waals surface area (Å²) in [7, 11) is 0. The molecule has 1 aliphatic rings. The molecule has 1 fully saturated rings. The van der Waals surface area contributed by atoms with Crippen LogP contribution in [0.3, 0.4) is 0 Å². The molecule has 7 heteroatoms. The Balaban J connectivity index is 2.02. The summed E-state index contributed by atoms with van der Waals surface area (Å²) in [5.74, 6) is -0.989. The zero-order valence-electron chi connectivity index (χ0n) is 12.7. The molecule has 0 aliphatic carbocycles. The summed E-state index contributed by atoms with van der Waals surface area (Å²) in [5.41, 5.74) is 0.679. The number of esters is 1. The van der Waals surface area contributed by atoms with Crippen LogP contribution in [0.15, 0.2) is 29.2 Å². The minimum atomic E-state index is -0.591. The van der Waals surface area contributed by atoms with Crippen molar-refractivity contribution in [3.63, 3.8) is 0 Å². The number of amides is 2. The van der Waals surface area contributed by atoms with Gasteiger partial charge >= 0.3 is 5.97 Å². The number of unbranched alkanes of at least 4 members (excludes halogenated alkanes) is 1. The number of nitrogens with zero attached hydrogens (tertiary/aromatic N) is 1. The highest BCUT2D eigenvalue weighted by molar-refractivity contribution is 8.18. The van der Waals surface area contributed by atoms with Gasteiger partial charge in [-0.2, -0.15) is 0 Å². The first-order valence-corrected chi connectivity index (χ1v) is 8.03. The van der Waals surface area contributed by atoms with E-state index in [1.807, 2.05) is 6.92 Å². The van der Waals surface area contributed by atoms with E-state index in [1.165, 1.54) is 12.1 Å². The van der Waals surface area contributed by atoms with Crippen LogP contribution >= 0.6 is 11.8 Å². The average Bonchev–Trinajstić information content (AvgIpc) is 2.77. The predicted molar refractivity (Wildman–Crippen MR) is 86.7 cm³/mol. The maximum atomic E-state index is 12.2. The lowest BCUT2D eigenvalue weighted by Gasteiger charge is -2.11. The molecular weight excluding hydrogens is 318 g/mol. The van der Waals surface area contributed by atoms with Crippen LogP contribution in [0.2, 0.25) is 0 Å². The SMILES string of the molecule is CCCCOC(=O)CN1C(=O)S/C(=C/c2ccc(O)cc2)C1=O. The molecule has 2 rings (SSSR count). The Labute approximate surface area is 138 Å². The van der Waals surface area contributed by atoms with Gasteiger partial charge < -0.3 is 9.84 Å². The first-order chi connectivity index (χ1) is 11.0. The van der Waals surface area contributed by atoms with Crippen molar-refractivity contribution in [1.82, 2.24) is 4.90 Å². The van der Waals surface area contributed by atoms with Gasteiger partial charge in [-0.05, 0) is 42.0 Å². The molecule has 122 valence electrons. The van der Waals surface area contributed by atoms with Gasteiger partial charge in [0.2, 0.25) is 0 Å². The summed E-state index contributed by atoms with van der Waals surface area (Å²) >= 11 is 0.779. The van der Waals surface area contributed by atoms with Crippen LogP contribution < -0.4 is 0 Å². The number of phenolic OH excluding ortho intramolecular Hbond substituents is 1. The lowest BCUT2D eigenvalue weighted by molar-refractivity contribution is -0.146. The number of carbonyl (C=O) groups is 3. The molecule has 0 unspecified atom stereocenters. The van der Waals surface area contributed by atoms with E-state index in [-0.39, 0.29) is 23.8 Å². The minimum absolute atomic E-state index is 0.116. The van der Waals surface area contributed by atoms with Crippen LogP contribution in [0, 0.1) is 0 Å². The summed E-state index contributed by atoms with van der Waals surface area (Å²) in [6, 6.07) is 6.23. The van der Waals surface area contributed by atoms with E-state index in [0.717, 1.165) is 29.5 Å². The van der Waals surface area contributed by atoms with Gasteiger partial charge in [-0.3, -0.25) is 19.3 Å². The van der Waals surface area contributed by atoms with E-state index in [4.69, 9.17) is 4.74 Å². The van der Waals surface area contributed by atoms with E-state index >= 15 is 0 Å². The highest BCUT2D eigenvalue weighted by Crippen LogP contribution is 2.32. The highest BCUT2D eigenvalue weighted by Gasteiger charge is 2.36. The van der Waals surface area contributed by atoms with Gasteiger partial charge in [-0.25, -0.2) is 0 Å². The number of hydrogen-bond donors (Lipinski definition) is 1. The number of aromatic hydroxyl groups is 1. The molecule has 0 bridgehead atoms. The van der Waals surface area contributed by atoms with Crippen LogP contribution in [0.1, 0.15) is 25.3 Å². The molecule has 0 saturated carbocycles. The molecule has 0 spiro atoms. The first kappa shape index (κ1) is 17.1. The lowest BCUT2D eigenvalue weighted by atomic mass is 10.2. The van der Waals surface area contributed by atoms with E-state index in [2.05, 4.69) is 0 Å². The van der Waals surface area contributed by atoms with Crippen molar-refractivity contribution in [3.8, 4) is 5.75 Å². The number of hydrogen-bond acceptors (Lipinski definition) is 6. The van der Waals surface area contributed by atoms with Crippen molar-refractivity contribution < 1.29 is 24.2 Å². The fraction of sp³-hybridized carbons (Fsp3) is 0.312. The summed E-state index contributed by atoms with van der Waals surface area (Å²) in [4.78, 5) is 36.9. The van der Waals surface area contributed by atoms with Gasteiger partial charge in [0.05, 0.1) is 11.5 Å². The monoisotopic (exact) mass is 335 g/mol. The summed E-state index contributed by atoms with van der Waals surface area (Å²) in [6.45, 7) is 1.88. The Hall–Kier alpha value is -2.28. The summed E-state index contributed by atoms with van der Waals surface area (Å²) < 4.78 is 4.97. The number of imide groups is 1. The molecule has 6 nitrogen and oxygen atoms in total. The molecule has 0 atom stereocenters. The smallest absolute Gasteiger partial charge is 0.326 e. The van der Waals surface area contributed by atoms with Crippen molar-refractivity contribution in [2.45, 2.75) is 19.8 Å². The van der Waals surface area contributed by atoms with E-state index in [9.17, 15) is 19.5 Å². The second kappa shape index (κ2) is 7.82. The van der Waals surface area contributed by atoms with Crippen LogP contribution in [0.25, 0.3) is 6.08 Å². The maximum Gasteiger partial charge on any atom is 0.326 e. The summed E-state index contributed by atoms with van der Waals surface area (Å²) in [6.07, 6.45) is 3.19. The van der Waals surface area contributed by atoms with E-state index in [0.29, 0.717) is 5.56 Å². The standard InChI is InChI=1S/C16H17NO5S/c1-2-3-8-22-14(19)10-17-15(20)13(23-16(17)21)9-11-4-6-12(18)7-5-11/h4-7,9,18H,2-3,8,10H2,1H3/b13-9+. The fourth-order valence-electron chi connectivity index (χ4n) is 1.86. The zero-order valence-corrected chi connectivity index (χ0v) is 13.5. The molecule has 1 aromatic rings. The largest absolute Gasteiger partial charge is 0.508 e. The Morgan fingerprint density at radius 3 is 2.65 bits per heavy atom. The minimum Gasteiger partial charge on any atom is -0.508 e. The third-order valence-electron chi connectivity index (χ3n) is 3.11. The van der Waals surface area contributed by atoms with Gasteiger partial charge in [-0.15, -0.1) is 0 Å². The van der Waals surface area contributed by atoms with Crippen molar-refractivity contribution in [2.75, 3.05) is 13.2 Å². The molecule has 0 aromatic heterocycles. The second-order valence-electron chi connectivity index (χ2n) is 4.93. The third-order valence-corrected chi connectivity index (χ3v) is 4.02. The lowest BCUT2D eigenvalue weighted by Crippen LogP contribution is -2.34. The van der Waals surface area contributed by atoms with Gasteiger partial charge in [-0.1, -0.05) is 25.5 Å². The van der Waals surface area contributed by atoms with Gasteiger partial charge in [0, 0.05) is 0 Å². The molecule has 1 aromatic carbocycles. The molecule has 23 heavy (non-hydrogen) atoms. The Bertz CT molecular complexity index is 638. The normalized spacial score (nSPS) is 16.2. The molecule has 1 N–H and O–H groups in total. The quantitative estimate of drug-likeness (QED) is 0.489. The topological polar surface area (TPSA) is 83.9 Å². The Kier molecular flexibility index (Phi) is 5.81. The zero-order chi connectivity index (χ0) is 16.8. The van der Waals surface area contributed by atoms with Crippen molar-refractivity contribution >= 4 is 35.0 Å². The first-order valence-electron chi connectivity index (χ1n) is 7.21. The number of rotatable bonds is 6. The van der Waals surface area contributed by atoms with Crippen molar-refractivity contribution in [2.24, 2.45) is 0 Å². The molecule has 1 heterocycles. The molecule has 0 radical (unpaired) electrons. The predicted octanol–water partition coefficient (Wildman–Crippen LogP) is 2.77. The average molecular weight is 335 g/mol. The number of carbonyl (C=O) groups excluding carboxylic acids is 3. The molecule has 1 saturated heterocycles. The molecule has 2 amide bonds. The number of benzene rings is 1. The second-order valence-corrected chi connectivity index (χ2v) is 5.93. The van der Waals surface area contributed by atoms with Gasteiger partial charge in [0.25, 0.3) is 11.1 Å². The van der Waals surface area contributed by atoms with Crippen LogP contribution in [0.5, 0.6) is 5.75 Å². The van der Waals surface area contributed by atoms with Gasteiger partial charge in [0.1, 0.15) is 12.3 Å². The van der Waals surface area contributed by atoms with Crippen LogP contribution in [-0.2, 0) is 14.3 Å². The number of thioether (sulfide) groups is 1. The molecular formula is C16H17NO5S. The van der Waals surface area contributed by atoms with E-state index < -0.39 is 17.1 Å². The highest BCUT2D eigenvalue weighted by atomic mass is 32.2. The number of phenols is 1. The van der Waals surface area contributed by atoms with Gasteiger partial charge in [0.15, 0.2) is 0 Å². The van der Waals surface area contributed by atoms with E-state index in [1.54, 1.807) is 18.2 Å². The Morgan fingerprint density at radius 1 is 1.30 bits per heavy atom. The van der Waals surface area contributed by atoms with Crippen LogP contribution in [0.4, 0.5) is 4.79 Å². The van der Waals surface area contributed by atoms with Crippen LogP contribution in [-0.4, -0.2) is 40.3 Å². The van der Waals surface area contributed by atoms with Crippen molar-refractivity contribution in [1.29, 1.82) is 0 Å². The summed E-state index contributed by atoms with van der Waals surface area (Å²) in [5, 5.41) is 8.74. The Morgan fingerprint density at radius 2 is 2.00 bits per heavy atom. The maximum absolute atomic E-state index is 12.2. The fourth-order valence-corrected chi connectivity index (χ4v) is 2.70. The van der Waals surface area contributed by atoms with Crippen molar-refractivity contribution in [3.05, 3.63) is 34.7 Å².